The van der Waals surface area contributed by atoms with Crippen LogP contribution in [0, 0.1) is 21.8 Å². The molecular weight excluding hydrogens is 251 g/mol. The number of nitrogens with zero attached hydrogens (tertiary/aromatic N) is 1. The standard InChI is InChI=1S/C13H17FN2O3/c14-13-10(2-1-3-12(13)16(18)19)8-15-7-9-4-5-11(17)6-9/h1-3,9,11,15,17H,4-8H2. The molecule has 0 bridgehead atoms. The molecule has 6 heteroatoms. The molecule has 2 rings (SSSR count). The van der Waals surface area contributed by atoms with Gasteiger partial charge in [0.15, 0.2) is 0 Å². The van der Waals surface area contributed by atoms with Crippen LogP contribution in [0.3, 0.4) is 0 Å². The van der Waals surface area contributed by atoms with Crippen molar-refractivity contribution in [3.63, 3.8) is 0 Å². The number of nitro benzene ring substituents is 1. The van der Waals surface area contributed by atoms with Crippen LogP contribution in [0.5, 0.6) is 0 Å². The van der Waals surface area contributed by atoms with Crippen molar-refractivity contribution in [1.29, 1.82) is 0 Å². The van der Waals surface area contributed by atoms with Crippen LogP contribution < -0.4 is 5.32 Å². The number of nitrogens with one attached hydrogen (secondary N) is 1. The number of hydrogen-bond acceptors (Lipinski definition) is 4. The second kappa shape index (κ2) is 6.08. The monoisotopic (exact) mass is 268 g/mol. The molecule has 1 aliphatic rings. The van der Waals surface area contributed by atoms with Gasteiger partial charge in [0.1, 0.15) is 0 Å². The SMILES string of the molecule is O=[N+]([O-])c1cccc(CNCC2CCC(O)C2)c1F. The summed E-state index contributed by atoms with van der Waals surface area (Å²) in [6, 6.07) is 4.18. The Morgan fingerprint density at radius 2 is 2.26 bits per heavy atom. The Morgan fingerprint density at radius 3 is 2.89 bits per heavy atom. The van der Waals surface area contributed by atoms with Crippen LogP contribution >= 0.6 is 0 Å². The molecule has 0 heterocycles. The number of aliphatic hydroxyl groups is 1. The average Bonchev–Trinajstić information content (AvgIpc) is 2.77. The summed E-state index contributed by atoms with van der Waals surface area (Å²) < 4.78 is 13.8. The van der Waals surface area contributed by atoms with E-state index in [0.29, 0.717) is 18.0 Å². The van der Waals surface area contributed by atoms with Crippen LogP contribution in [0.4, 0.5) is 10.1 Å². The number of halogens is 1. The van der Waals surface area contributed by atoms with E-state index < -0.39 is 16.4 Å². The van der Waals surface area contributed by atoms with Gasteiger partial charge in [-0.15, -0.1) is 0 Å². The Bertz CT molecular complexity index is 467. The molecule has 0 aliphatic heterocycles. The number of benzene rings is 1. The van der Waals surface area contributed by atoms with Gasteiger partial charge in [-0.2, -0.15) is 4.39 Å². The predicted octanol–water partition coefficient (Wildman–Crippen LogP) is 1.98. The fourth-order valence-electron chi connectivity index (χ4n) is 2.49. The van der Waals surface area contributed by atoms with E-state index in [1.54, 1.807) is 6.07 Å². The van der Waals surface area contributed by atoms with E-state index in [0.717, 1.165) is 25.3 Å². The maximum Gasteiger partial charge on any atom is 0.305 e. The third-order valence-corrected chi connectivity index (χ3v) is 3.52. The first-order chi connectivity index (χ1) is 9.08. The van der Waals surface area contributed by atoms with Crippen LogP contribution in [-0.2, 0) is 6.54 Å². The van der Waals surface area contributed by atoms with Gasteiger partial charge in [-0.3, -0.25) is 10.1 Å². The molecule has 0 saturated heterocycles. The van der Waals surface area contributed by atoms with Crippen molar-refractivity contribution in [3.8, 4) is 0 Å². The van der Waals surface area contributed by atoms with Crippen LogP contribution in [0.1, 0.15) is 24.8 Å². The number of rotatable bonds is 5. The van der Waals surface area contributed by atoms with E-state index in [-0.39, 0.29) is 12.6 Å². The van der Waals surface area contributed by atoms with Crippen molar-refractivity contribution in [3.05, 3.63) is 39.7 Å². The van der Waals surface area contributed by atoms with Crippen LogP contribution in [-0.4, -0.2) is 22.7 Å². The molecule has 0 aromatic heterocycles. The van der Waals surface area contributed by atoms with E-state index in [1.165, 1.54) is 6.07 Å². The highest BCUT2D eigenvalue weighted by Crippen LogP contribution is 2.25. The fraction of sp³-hybridized carbons (Fsp3) is 0.538. The second-order valence-corrected chi connectivity index (χ2v) is 4.97. The van der Waals surface area contributed by atoms with Gasteiger partial charge in [-0.1, -0.05) is 12.1 Å². The van der Waals surface area contributed by atoms with Crippen molar-refractivity contribution in [2.24, 2.45) is 5.92 Å². The quantitative estimate of drug-likeness (QED) is 0.632. The lowest BCUT2D eigenvalue weighted by atomic mass is 10.1. The molecule has 5 nitrogen and oxygen atoms in total. The molecule has 2 N–H and O–H groups in total. The lowest BCUT2D eigenvalue weighted by Crippen LogP contribution is -2.22. The summed E-state index contributed by atoms with van der Waals surface area (Å²) in [6.45, 7) is 0.958. The van der Waals surface area contributed by atoms with Gasteiger partial charge < -0.3 is 10.4 Å². The van der Waals surface area contributed by atoms with Crippen molar-refractivity contribution in [2.45, 2.75) is 31.9 Å². The molecule has 0 radical (unpaired) electrons. The summed E-state index contributed by atoms with van der Waals surface area (Å²) >= 11 is 0. The normalized spacial score (nSPS) is 22.6. The lowest BCUT2D eigenvalue weighted by molar-refractivity contribution is -0.387. The van der Waals surface area contributed by atoms with E-state index in [9.17, 15) is 19.6 Å². The van der Waals surface area contributed by atoms with Gasteiger partial charge in [0.05, 0.1) is 11.0 Å². The molecule has 0 spiro atoms. The molecule has 2 atom stereocenters. The molecule has 1 aromatic carbocycles. The van der Waals surface area contributed by atoms with Crippen LogP contribution in [0.2, 0.25) is 0 Å². The Labute approximate surface area is 110 Å². The molecule has 2 unspecified atom stereocenters. The van der Waals surface area contributed by atoms with Crippen molar-refractivity contribution in [2.75, 3.05) is 6.54 Å². The third-order valence-electron chi connectivity index (χ3n) is 3.52. The van der Waals surface area contributed by atoms with Crippen LogP contribution in [0.25, 0.3) is 0 Å². The van der Waals surface area contributed by atoms with Crippen molar-refractivity contribution < 1.29 is 14.4 Å². The van der Waals surface area contributed by atoms with Crippen LogP contribution in [0.15, 0.2) is 18.2 Å². The number of nitro groups is 1. The summed E-state index contributed by atoms with van der Waals surface area (Å²) in [4.78, 5) is 9.89. The Hall–Kier alpha value is -1.53. The first-order valence-corrected chi connectivity index (χ1v) is 6.38. The summed E-state index contributed by atoms with van der Waals surface area (Å²) in [5, 5.41) is 23.1. The number of hydrogen-bond donors (Lipinski definition) is 2. The summed E-state index contributed by atoms with van der Waals surface area (Å²) in [7, 11) is 0. The van der Waals surface area contributed by atoms with Crippen molar-refractivity contribution >= 4 is 5.69 Å². The minimum absolute atomic E-state index is 0.221. The van der Waals surface area contributed by atoms with E-state index in [2.05, 4.69) is 5.32 Å². The average molecular weight is 268 g/mol. The van der Waals surface area contributed by atoms with Gasteiger partial charge in [0.2, 0.25) is 5.82 Å². The fourth-order valence-corrected chi connectivity index (χ4v) is 2.49. The maximum absolute atomic E-state index is 13.8. The smallest absolute Gasteiger partial charge is 0.305 e. The minimum Gasteiger partial charge on any atom is -0.393 e. The van der Waals surface area contributed by atoms with Gasteiger partial charge in [0, 0.05) is 18.2 Å². The molecular formula is C13H17FN2O3. The Kier molecular flexibility index (Phi) is 4.44. The first-order valence-electron chi connectivity index (χ1n) is 6.38. The highest BCUT2D eigenvalue weighted by molar-refractivity contribution is 5.36. The zero-order chi connectivity index (χ0) is 13.8. The summed E-state index contributed by atoms with van der Waals surface area (Å²) in [6.07, 6.45) is 2.33. The molecule has 0 amide bonds. The zero-order valence-corrected chi connectivity index (χ0v) is 10.5. The van der Waals surface area contributed by atoms with E-state index >= 15 is 0 Å². The Balaban J connectivity index is 1.89. The van der Waals surface area contributed by atoms with Gasteiger partial charge in [0.25, 0.3) is 0 Å². The zero-order valence-electron chi connectivity index (χ0n) is 10.5. The molecule has 1 fully saturated rings. The second-order valence-electron chi connectivity index (χ2n) is 4.97. The van der Waals surface area contributed by atoms with E-state index in [1.807, 2.05) is 0 Å². The van der Waals surface area contributed by atoms with Crippen molar-refractivity contribution in [1.82, 2.24) is 5.32 Å². The van der Waals surface area contributed by atoms with Gasteiger partial charge in [-0.25, -0.2) is 0 Å². The Morgan fingerprint density at radius 1 is 1.47 bits per heavy atom. The highest BCUT2D eigenvalue weighted by atomic mass is 19.1. The molecule has 104 valence electrons. The molecule has 19 heavy (non-hydrogen) atoms. The molecule has 1 saturated carbocycles. The molecule has 1 aromatic rings. The topological polar surface area (TPSA) is 75.4 Å². The molecule has 1 aliphatic carbocycles. The highest BCUT2D eigenvalue weighted by Gasteiger charge is 2.22. The summed E-state index contributed by atoms with van der Waals surface area (Å²) in [5.41, 5.74) is -0.191. The largest absolute Gasteiger partial charge is 0.393 e. The van der Waals surface area contributed by atoms with Gasteiger partial charge in [-0.05, 0) is 31.7 Å². The minimum atomic E-state index is -0.772. The lowest BCUT2D eigenvalue weighted by Gasteiger charge is -2.11. The number of aliphatic hydroxyl groups excluding tert-OH is 1. The van der Waals surface area contributed by atoms with Gasteiger partial charge >= 0.3 is 5.69 Å². The van der Waals surface area contributed by atoms with E-state index in [4.69, 9.17) is 0 Å². The predicted molar refractivity (Wildman–Crippen MR) is 68.1 cm³/mol. The third kappa shape index (κ3) is 3.48. The maximum atomic E-state index is 13.8. The summed E-state index contributed by atoms with van der Waals surface area (Å²) in [5.74, 6) is -0.372. The first kappa shape index (κ1) is 13.9.